The zero-order valence-electron chi connectivity index (χ0n) is 90.7. The van der Waals surface area contributed by atoms with Gasteiger partial charge in [0, 0.05) is 235 Å². The number of hydrogen-bond donors (Lipinski definition) is 0. The molecule has 18 saturated heterocycles. The van der Waals surface area contributed by atoms with E-state index in [1.54, 1.807) is 0 Å². The molecule has 20 unspecified atom stereocenters. The van der Waals surface area contributed by atoms with Crippen molar-refractivity contribution in [1.82, 2.24) is 78.4 Å². The van der Waals surface area contributed by atoms with E-state index >= 15 is 0 Å². The van der Waals surface area contributed by atoms with Gasteiger partial charge in [-0.1, -0.05) is 27.7 Å². The lowest BCUT2D eigenvalue weighted by molar-refractivity contribution is 0.0567. The topological polar surface area (TPSA) is 51.8 Å². The molecule has 5 aliphatic carbocycles. The summed E-state index contributed by atoms with van der Waals surface area (Å²) in [5, 5.41) is 0. The van der Waals surface area contributed by atoms with Gasteiger partial charge in [0.15, 0.2) is 0 Å². The quantitative estimate of drug-likeness (QED) is 0.208. The summed E-state index contributed by atoms with van der Waals surface area (Å²) in [4.78, 5) is 42.1. The molecule has 0 aromatic heterocycles. The van der Waals surface area contributed by atoms with Crippen LogP contribution in [-0.4, -0.2) is 382 Å². The molecule has 22 bridgehead atoms. The van der Waals surface area contributed by atoms with Crippen LogP contribution in [-0.2, 0) is 0 Å². The van der Waals surface area contributed by atoms with Gasteiger partial charge in [-0.05, 0) is 460 Å². The first-order valence-electron chi connectivity index (χ1n) is 56.6. The molecule has 0 spiro atoms. The molecule has 18 heterocycles. The van der Waals surface area contributed by atoms with Crippen LogP contribution >= 0.6 is 0 Å². The van der Waals surface area contributed by atoms with Crippen molar-refractivity contribution < 1.29 is 0 Å². The molecule has 18 aliphatic heterocycles. The van der Waals surface area contributed by atoms with E-state index in [4.69, 9.17) is 0 Å². The summed E-state index contributed by atoms with van der Waals surface area (Å²) in [5.41, 5.74) is 0. The molecule has 0 N–H and O–H groups in total. The van der Waals surface area contributed by atoms with E-state index in [9.17, 15) is 0 Å². The molecule has 0 aromatic rings. The Morgan fingerprint density at radius 3 is 0.906 bits per heavy atom. The maximum Gasteiger partial charge on any atom is 0.0241 e. The van der Waals surface area contributed by atoms with E-state index in [0.29, 0.717) is 0 Å². The van der Waals surface area contributed by atoms with Crippen LogP contribution in [0.25, 0.3) is 0 Å². The molecule has 16 heteroatoms. The van der Waals surface area contributed by atoms with Gasteiger partial charge in [0.25, 0.3) is 0 Å². The Bertz CT molecular complexity index is 2940. The highest BCUT2D eigenvalue weighted by Crippen LogP contribution is 2.45. The zero-order chi connectivity index (χ0) is 92.8. The van der Waals surface area contributed by atoms with Gasteiger partial charge in [0.05, 0.1) is 0 Å². The highest BCUT2D eigenvalue weighted by molar-refractivity contribution is 5.03. The van der Waals surface area contributed by atoms with Gasteiger partial charge < -0.3 is 19.6 Å². The second kappa shape index (κ2) is 51.0. The molecule has 23 aliphatic rings. The maximum atomic E-state index is 2.76. The first-order valence-corrected chi connectivity index (χ1v) is 56.6. The van der Waals surface area contributed by atoms with Crippen molar-refractivity contribution in [3.8, 4) is 0 Å². The number of rotatable bonds is 10. The lowest BCUT2D eigenvalue weighted by Gasteiger charge is -2.41. The molecule has 5 saturated carbocycles. The summed E-state index contributed by atoms with van der Waals surface area (Å²) in [6, 6.07) is 22.8. The van der Waals surface area contributed by atoms with Crippen molar-refractivity contribution in [2.75, 3.05) is 140 Å². The van der Waals surface area contributed by atoms with Gasteiger partial charge in [-0.3, -0.25) is 58.8 Å². The van der Waals surface area contributed by atoms with Crippen LogP contribution in [0.15, 0.2) is 0 Å². The van der Waals surface area contributed by atoms with Gasteiger partial charge in [0.2, 0.25) is 0 Å². The van der Waals surface area contributed by atoms with Gasteiger partial charge in [0.1, 0.15) is 0 Å². The minimum Gasteiger partial charge on any atom is -0.305 e. The fourth-order valence-electron chi connectivity index (χ4n) is 30.5. The lowest BCUT2D eigenvalue weighted by Crippen LogP contribution is -2.54. The molecule has 23 rings (SSSR count). The first kappa shape index (κ1) is 108. The lowest BCUT2D eigenvalue weighted by atomic mass is 9.86. The second-order valence-corrected chi connectivity index (χ2v) is 50.9. The largest absolute Gasteiger partial charge is 0.305 e. The van der Waals surface area contributed by atoms with E-state index in [0.717, 1.165) is 205 Å². The minimum atomic E-state index is 0.729. The van der Waals surface area contributed by atoms with E-state index in [2.05, 4.69) is 287 Å². The van der Waals surface area contributed by atoms with E-state index in [1.165, 1.54) is 310 Å². The van der Waals surface area contributed by atoms with E-state index < -0.39 is 0 Å². The summed E-state index contributed by atoms with van der Waals surface area (Å²) in [7, 11) is 13.6. The zero-order valence-corrected chi connectivity index (χ0v) is 90.7. The fourth-order valence-corrected chi connectivity index (χ4v) is 30.5. The summed E-state index contributed by atoms with van der Waals surface area (Å²) in [6.45, 7) is 75.3. The van der Waals surface area contributed by atoms with Crippen LogP contribution < -0.4 is 0 Å². The molecule has 0 aromatic carbocycles. The van der Waals surface area contributed by atoms with Gasteiger partial charge in [-0.2, -0.15) is 0 Å². The highest BCUT2D eigenvalue weighted by Gasteiger charge is 2.47. The maximum absolute atomic E-state index is 2.76. The SMILES string of the molecule is CC(C)C.CC(C)N1C2CCC1CN(C)C2.CC(C)N1C2CCC1CN(C)CC2.CC(C)N1CC2CC1CN2C.CC(C)N1CC2CCC(C1)N2C.CC(C)N1CC2CCC1C2.CC(C)N1CC2CCC1C2.CC(C)N1CCC2CCC(C1)N2C.CC(C)N1CCC2CCC1C2.CC(C)N1CCC2CCC1CC2.CC1CC2CCC(C1)N2C(C)C.CN1CC2CCC1C2. The van der Waals surface area contributed by atoms with Crippen molar-refractivity contribution in [3.05, 3.63) is 0 Å². The molecule has 0 radical (unpaired) electrons. The summed E-state index contributed by atoms with van der Waals surface area (Å²) in [6.07, 6.45) is 48.2. The monoisotopic (exact) mass is 1790 g/mol. The van der Waals surface area contributed by atoms with Gasteiger partial charge in [-0.15, -0.1) is 0 Å². The third-order valence-electron chi connectivity index (χ3n) is 37.4. The smallest absolute Gasteiger partial charge is 0.0241 e. The number of piperidine rings is 5. The summed E-state index contributed by atoms with van der Waals surface area (Å²) in [5.74, 6) is 7.18. The van der Waals surface area contributed by atoms with Crippen LogP contribution in [0.1, 0.15) is 378 Å². The van der Waals surface area contributed by atoms with Gasteiger partial charge in [-0.25, -0.2) is 0 Å². The number of likely N-dealkylation sites (N-methyl/N-ethyl adjacent to an activating group) is 5. The Balaban J connectivity index is 0.000000136. The molecule has 128 heavy (non-hydrogen) atoms. The van der Waals surface area contributed by atoms with Crippen molar-refractivity contribution >= 4 is 0 Å². The van der Waals surface area contributed by atoms with Crippen LogP contribution in [0.2, 0.25) is 0 Å². The number of nitrogens with zero attached hydrogens (tertiary/aromatic N) is 16. The number of fused-ring (bicyclic) bond motifs is 24. The number of hydrogen-bond acceptors (Lipinski definition) is 16. The van der Waals surface area contributed by atoms with Crippen LogP contribution in [0, 0.1) is 41.4 Å². The molecule has 0 amide bonds. The van der Waals surface area contributed by atoms with E-state index in [-0.39, 0.29) is 0 Å². The van der Waals surface area contributed by atoms with Gasteiger partial charge >= 0.3 is 0 Å². The third kappa shape index (κ3) is 30.0. The predicted octanol–water partition coefficient (Wildman–Crippen LogP) is 20.4. The van der Waals surface area contributed by atoms with E-state index in [1.807, 2.05) is 0 Å². The van der Waals surface area contributed by atoms with Crippen molar-refractivity contribution in [1.29, 1.82) is 0 Å². The Labute approximate surface area is 796 Å². The number of piperazine rings is 3. The summed E-state index contributed by atoms with van der Waals surface area (Å²) >= 11 is 0. The van der Waals surface area contributed by atoms with Crippen molar-refractivity contribution in [2.24, 2.45) is 41.4 Å². The fraction of sp³-hybridized carbons (Fsp3) is 1.00. The van der Waals surface area contributed by atoms with Crippen LogP contribution in [0.3, 0.4) is 0 Å². The van der Waals surface area contributed by atoms with Crippen LogP contribution in [0.5, 0.6) is 0 Å². The summed E-state index contributed by atoms with van der Waals surface area (Å²) < 4.78 is 0. The molecule has 20 atom stereocenters. The van der Waals surface area contributed by atoms with Crippen molar-refractivity contribution in [3.63, 3.8) is 0 Å². The normalized spacial score (nSPS) is 38.2. The Hall–Kier alpha value is -0.640. The molecular formula is C112H220N16. The highest BCUT2D eigenvalue weighted by atomic mass is 15.4. The average Bonchev–Trinajstić information content (AvgIpc) is 1.63. The Morgan fingerprint density at radius 1 is 0.180 bits per heavy atom. The van der Waals surface area contributed by atoms with Crippen molar-refractivity contribution in [2.45, 2.75) is 541 Å². The Morgan fingerprint density at radius 2 is 0.508 bits per heavy atom. The number of likely N-dealkylation sites (tertiary alicyclic amines) is 10. The molecular weight excluding hydrogens is 1570 g/mol. The van der Waals surface area contributed by atoms with Crippen LogP contribution in [0.4, 0.5) is 0 Å². The minimum absolute atomic E-state index is 0.729. The molecule has 16 nitrogen and oxygen atoms in total. The third-order valence-corrected chi connectivity index (χ3v) is 37.4. The molecule has 748 valence electrons. The standard InChI is InChI=1S/2C11H22N2.2C11H21N.2C10H20N2.C10H19N.C9H18N2.2C9H17N.C7H13N.C4H10/c1-9(2)13-7-6-10-4-5-11(8-13)12(10)3;1-9(2)13-10-4-5-11(13)8-12(3)7-6-10;1-8(2)12-10-4-5-11(12)7-9(3)6-10;1-9(2)12-8-7-10-3-5-11(12)6-4-10;1-8(2)12-6-9-4-5-10(7-12)11(9)3;1-8(2)12-9-4-5-10(12)7-11(3)6-9;1-8(2)11-6-5-9-3-4-10(11)7-9;1-7(2)11-6-8-4-9(11)5-10(8)3;2*1-7(2)10-6-8-3-4-9(10)5-8;1-8-5-6-2-3-7(8)4-6;1-4(2)3/h2*9-11H,4-8H2,1-3H3;8-11H,4-7H2,1-3H3;9-11H,3-8H2,1-2H3;2*8-10H,4-7H2,1-3H3;8-10H,3-7H2,1-2H3;7-9H,4-6H2,1-3H3;2*7-9H,3-6H2,1-2H3;6-7H,2-5H2,1H3;4H,1-3H3. The Kier molecular flexibility index (Phi) is 42.9. The molecule has 23 fully saturated rings. The average molecular weight is 1790 g/mol. The predicted molar refractivity (Wildman–Crippen MR) is 553 cm³/mol. The first-order chi connectivity index (χ1) is 60.8. The second-order valence-electron chi connectivity index (χ2n) is 50.9.